The largest absolute Gasteiger partial charge is 0.454 e. The van der Waals surface area contributed by atoms with E-state index in [1.165, 1.54) is 33.8 Å². The Labute approximate surface area is 294 Å². The molecule has 1 saturated heterocycles. The van der Waals surface area contributed by atoms with Crippen LogP contribution in [0, 0.1) is 5.21 Å². The van der Waals surface area contributed by atoms with Crippen LogP contribution in [0.3, 0.4) is 0 Å². The second-order valence-corrected chi connectivity index (χ2v) is 14.3. The Balaban J connectivity index is 0.902. The summed E-state index contributed by atoms with van der Waals surface area (Å²) in [4.78, 5) is 34.2. The molecule has 0 radical (unpaired) electrons. The number of para-hydroxylation sites is 1. The number of nitrogens with one attached hydrogen (secondary N) is 1. The number of aromatic nitrogens is 6. The van der Waals surface area contributed by atoms with Crippen molar-refractivity contribution in [2.45, 2.75) is 47.9 Å². The number of H-pyrrole nitrogens is 1. The Morgan fingerprint density at radius 3 is 2.69 bits per heavy atom. The number of hydrogen-bond donors (Lipinski definition) is 1. The number of aryl methyl sites for hydroxylation is 1. The van der Waals surface area contributed by atoms with Crippen LogP contribution in [-0.2, 0) is 34.1 Å². The average Bonchev–Trinajstić information content (AvgIpc) is 3.99. The van der Waals surface area contributed by atoms with Gasteiger partial charge in [-0.25, -0.2) is 13.2 Å². The molecule has 3 amide bonds. The summed E-state index contributed by atoms with van der Waals surface area (Å²) in [5, 5.41) is 24.2. The van der Waals surface area contributed by atoms with Crippen molar-refractivity contribution >= 4 is 32.7 Å². The summed E-state index contributed by atoms with van der Waals surface area (Å²) in [6, 6.07) is 19.0. The summed E-state index contributed by atoms with van der Waals surface area (Å²) in [5.41, 5.74) is 3.92. The van der Waals surface area contributed by atoms with Gasteiger partial charge < -0.3 is 24.4 Å². The van der Waals surface area contributed by atoms with E-state index in [9.17, 15) is 23.2 Å². The minimum Gasteiger partial charge on any atom is -0.454 e. The smallest absolute Gasteiger partial charge is 0.414 e. The van der Waals surface area contributed by atoms with E-state index in [1.807, 2.05) is 42.5 Å². The van der Waals surface area contributed by atoms with Crippen LogP contribution in [0.15, 0.2) is 93.5 Å². The second-order valence-electron chi connectivity index (χ2n) is 12.4. The zero-order valence-corrected chi connectivity index (χ0v) is 27.9. The fourth-order valence-electron chi connectivity index (χ4n) is 7.02. The van der Waals surface area contributed by atoms with Gasteiger partial charge >= 0.3 is 16.9 Å². The maximum Gasteiger partial charge on any atom is 0.414 e. The molecule has 0 unspecified atom stereocenters. The first kappa shape index (κ1) is 31.5. The molecule has 3 aliphatic heterocycles. The fourth-order valence-corrected chi connectivity index (χ4v) is 8.32. The monoisotopic (exact) mass is 724 g/mol. The quantitative estimate of drug-likeness (QED) is 0.123. The SMILES string of the molecule is O=C1[C@@H]2Cc3c([nH]c4ccccc34)[C@@H](c3ccc4c(c3)OCO4)N2C(=O)N1Cc1cn(CCCOc2no[n+]([O-])c2S(=O)(=O)c2ccccc2)nn1. The van der Waals surface area contributed by atoms with E-state index in [-0.39, 0.29) is 42.2 Å². The third-order valence-electron chi connectivity index (χ3n) is 9.38. The summed E-state index contributed by atoms with van der Waals surface area (Å²) in [6.07, 6.45) is 2.29. The van der Waals surface area contributed by atoms with Crippen LogP contribution < -0.4 is 19.1 Å². The Morgan fingerprint density at radius 1 is 1.02 bits per heavy atom. The molecule has 1 fully saturated rings. The summed E-state index contributed by atoms with van der Waals surface area (Å²) in [7, 11) is -4.25. The van der Waals surface area contributed by atoms with Crippen molar-refractivity contribution in [3.8, 4) is 17.4 Å². The molecule has 6 aromatic rings. The normalized spacial score (nSPS) is 17.9. The highest BCUT2D eigenvalue weighted by atomic mass is 32.2. The number of fused-ring (bicyclic) bond motifs is 5. The number of nitrogens with zero attached hydrogens (tertiary/aromatic N) is 7. The molecule has 1 N–H and O–H groups in total. The van der Waals surface area contributed by atoms with Crippen molar-refractivity contribution in [1.82, 2.24) is 34.9 Å². The van der Waals surface area contributed by atoms with Crippen molar-refractivity contribution in [2.75, 3.05) is 13.4 Å². The first-order valence-corrected chi connectivity index (χ1v) is 17.8. The Kier molecular flexibility index (Phi) is 7.35. The molecule has 6 heterocycles. The van der Waals surface area contributed by atoms with E-state index in [1.54, 1.807) is 17.2 Å². The minimum absolute atomic E-state index is 0.0329. The molecule has 0 bridgehead atoms. The predicted molar refractivity (Wildman–Crippen MR) is 175 cm³/mol. The molecular weight excluding hydrogens is 696 g/mol. The van der Waals surface area contributed by atoms with Crippen LogP contribution >= 0.6 is 0 Å². The number of amides is 3. The van der Waals surface area contributed by atoms with Gasteiger partial charge in [0, 0.05) is 36.0 Å². The van der Waals surface area contributed by atoms with Crippen LogP contribution in [-0.4, -0.2) is 74.7 Å². The minimum atomic E-state index is -4.25. The zero-order chi connectivity index (χ0) is 35.6. The molecule has 0 aliphatic carbocycles. The van der Waals surface area contributed by atoms with Gasteiger partial charge in [0.2, 0.25) is 6.79 Å². The Morgan fingerprint density at radius 2 is 1.83 bits per heavy atom. The van der Waals surface area contributed by atoms with Gasteiger partial charge in [-0.3, -0.25) is 23.9 Å². The lowest BCUT2D eigenvalue weighted by Crippen LogP contribution is -2.44. The second kappa shape index (κ2) is 12.1. The summed E-state index contributed by atoms with van der Waals surface area (Å²) in [5.74, 6) is 0.391. The number of rotatable bonds is 10. The summed E-state index contributed by atoms with van der Waals surface area (Å²) < 4.78 is 48.7. The topological polar surface area (TPSA) is 202 Å². The molecule has 2 atom stereocenters. The van der Waals surface area contributed by atoms with Gasteiger partial charge in [-0.2, -0.15) is 0 Å². The van der Waals surface area contributed by atoms with E-state index in [2.05, 4.69) is 25.1 Å². The van der Waals surface area contributed by atoms with Crippen molar-refractivity contribution in [2.24, 2.45) is 0 Å². The molecule has 3 aromatic heterocycles. The standard InChI is InChI=1S/C34H28N8O9S/c43-32-26-16-24-23-9-4-5-10-25(23)35-29(24)30(20-11-12-27-28(15-20)50-19-49-27)41(26)34(44)40(32)18-21-17-39(38-36-21)13-6-14-48-31-33(42(45)51-37-31)52(46,47)22-7-2-1-3-8-22/h1-5,7-12,15,17,26,30,35H,6,13-14,16,18-19H2/t26-,30+/m0/s1. The molecule has 3 aliphatic rings. The number of benzene rings is 3. The summed E-state index contributed by atoms with van der Waals surface area (Å²) in [6.45, 7) is 0.268. The van der Waals surface area contributed by atoms with Gasteiger partial charge in [-0.1, -0.05) is 47.7 Å². The molecule has 9 rings (SSSR count). The van der Waals surface area contributed by atoms with Crippen molar-refractivity contribution in [1.29, 1.82) is 0 Å². The molecule has 0 spiro atoms. The third kappa shape index (κ3) is 5.09. The van der Waals surface area contributed by atoms with Crippen LogP contribution in [0.2, 0.25) is 0 Å². The molecule has 18 heteroatoms. The fraction of sp³-hybridized carbons (Fsp3) is 0.235. The maximum absolute atomic E-state index is 14.1. The zero-order valence-electron chi connectivity index (χ0n) is 27.1. The van der Waals surface area contributed by atoms with E-state index in [4.69, 9.17) is 14.2 Å². The Bertz CT molecular complexity index is 2480. The number of carbonyl (C=O) groups excluding carboxylic acids is 2. The first-order valence-electron chi connectivity index (χ1n) is 16.3. The Hall–Kier alpha value is -6.43. The van der Waals surface area contributed by atoms with Crippen molar-refractivity contribution in [3.05, 3.63) is 107 Å². The molecule has 3 aromatic carbocycles. The number of aromatic amines is 1. The number of sulfone groups is 1. The van der Waals surface area contributed by atoms with E-state index < -0.39 is 38.9 Å². The number of carbonyl (C=O) groups is 2. The summed E-state index contributed by atoms with van der Waals surface area (Å²) >= 11 is 0. The first-order chi connectivity index (χ1) is 25.3. The lowest BCUT2D eigenvalue weighted by atomic mass is 9.88. The lowest BCUT2D eigenvalue weighted by molar-refractivity contribution is -0.832. The third-order valence-corrected chi connectivity index (χ3v) is 11.1. The van der Waals surface area contributed by atoms with E-state index >= 15 is 0 Å². The predicted octanol–water partition coefficient (Wildman–Crippen LogP) is 2.89. The molecule has 0 saturated carbocycles. The van der Waals surface area contributed by atoms with Gasteiger partial charge in [-0.05, 0) is 46.4 Å². The number of urea groups is 1. The van der Waals surface area contributed by atoms with Gasteiger partial charge in [0.05, 0.1) is 29.4 Å². The lowest BCUT2D eigenvalue weighted by Gasteiger charge is -2.36. The molecule has 264 valence electrons. The van der Waals surface area contributed by atoms with Crippen LogP contribution in [0.4, 0.5) is 4.79 Å². The van der Waals surface area contributed by atoms with Gasteiger partial charge in [0.25, 0.3) is 15.7 Å². The van der Waals surface area contributed by atoms with Crippen molar-refractivity contribution < 1.29 is 41.7 Å². The molecule has 52 heavy (non-hydrogen) atoms. The highest BCUT2D eigenvalue weighted by Gasteiger charge is 2.53. The van der Waals surface area contributed by atoms with Crippen molar-refractivity contribution in [3.63, 3.8) is 0 Å². The number of hydrogen-bond acceptors (Lipinski definition) is 12. The number of imide groups is 1. The highest BCUT2D eigenvalue weighted by molar-refractivity contribution is 7.91. The highest BCUT2D eigenvalue weighted by Crippen LogP contribution is 2.46. The van der Waals surface area contributed by atoms with Crippen LogP contribution in [0.25, 0.3) is 10.9 Å². The van der Waals surface area contributed by atoms with Crippen LogP contribution in [0.5, 0.6) is 17.4 Å². The van der Waals surface area contributed by atoms with Gasteiger partial charge in [0.15, 0.2) is 11.5 Å². The van der Waals surface area contributed by atoms with Crippen LogP contribution in [0.1, 0.15) is 35.0 Å². The maximum atomic E-state index is 14.1. The van der Waals surface area contributed by atoms with Gasteiger partial charge in [0.1, 0.15) is 17.8 Å². The van der Waals surface area contributed by atoms with E-state index in [0.29, 0.717) is 30.0 Å². The molecule has 17 nitrogen and oxygen atoms in total. The van der Waals surface area contributed by atoms with E-state index in [0.717, 1.165) is 27.7 Å². The average molecular weight is 725 g/mol. The van der Waals surface area contributed by atoms with Gasteiger partial charge in [-0.15, -0.1) is 5.10 Å². The number of ether oxygens (including phenoxy) is 3. The molecular formula is C34H28N8O9S.